The van der Waals surface area contributed by atoms with E-state index < -0.39 is 11.6 Å². The predicted octanol–water partition coefficient (Wildman–Crippen LogP) is 1.23. The molecule has 1 aromatic heterocycles. The van der Waals surface area contributed by atoms with Gasteiger partial charge in [0.25, 0.3) is 5.91 Å². The lowest BCUT2D eigenvalue weighted by Gasteiger charge is -2.37. The van der Waals surface area contributed by atoms with Gasteiger partial charge in [-0.25, -0.2) is 4.79 Å². The number of nitrogens with zero attached hydrogens (tertiary/aromatic N) is 4. The number of piperazine rings is 1. The van der Waals surface area contributed by atoms with Crippen LogP contribution in [-0.2, 0) is 16.1 Å². The summed E-state index contributed by atoms with van der Waals surface area (Å²) < 4.78 is 0. The average Bonchev–Trinajstić information content (AvgIpc) is 2.96. The number of hydrogen-bond donors (Lipinski definition) is 1. The van der Waals surface area contributed by atoms with Gasteiger partial charge in [-0.1, -0.05) is 25.8 Å². The highest BCUT2D eigenvalue weighted by atomic mass is 16.2. The Labute approximate surface area is 171 Å². The predicted molar refractivity (Wildman–Crippen MR) is 107 cm³/mol. The number of pyridine rings is 1. The smallest absolute Gasteiger partial charge is 0.325 e. The fourth-order valence-electron chi connectivity index (χ4n) is 4.75. The van der Waals surface area contributed by atoms with Crippen LogP contribution in [-0.4, -0.2) is 75.8 Å². The van der Waals surface area contributed by atoms with Gasteiger partial charge in [-0.15, -0.1) is 0 Å². The quantitative estimate of drug-likeness (QED) is 0.770. The van der Waals surface area contributed by atoms with E-state index in [1.165, 1.54) is 0 Å². The summed E-state index contributed by atoms with van der Waals surface area (Å²) in [6.45, 7) is 5.31. The highest BCUT2D eigenvalue weighted by molar-refractivity contribution is 6.09. The summed E-state index contributed by atoms with van der Waals surface area (Å²) in [4.78, 5) is 47.8. The molecule has 2 atom stereocenters. The van der Waals surface area contributed by atoms with Gasteiger partial charge in [-0.05, 0) is 30.9 Å². The SMILES string of the molecule is C[C@@H]1CCCC[C@]12NC(=O)N(CC(=O)N1CCN(Cc3ccccn3)CC1)C2=O. The fourth-order valence-corrected chi connectivity index (χ4v) is 4.75. The molecule has 0 aromatic carbocycles. The lowest BCUT2D eigenvalue weighted by atomic mass is 9.73. The number of carbonyl (C=O) groups is 3. The van der Waals surface area contributed by atoms with Gasteiger partial charge in [0.15, 0.2) is 0 Å². The lowest BCUT2D eigenvalue weighted by Crippen LogP contribution is -2.54. The molecule has 3 aliphatic rings. The molecule has 1 aromatic rings. The molecule has 2 aliphatic heterocycles. The van der Waals surface area contributed by atoms with E-state index in [9.17, 15) is 14.4 Å². The molecule has 0 unspecified atom stereocenters. The molecule has 0 radical (unpaired) electrons. The maximum atomic E-state index is 13.0. The van der Waals surface area contributed by atoms with Crippen LogP contribution in [0, 0.1) is 5.92 Å². The Morgan fingerprint density at radius 1 is 1.21 bits per heavy atom. The molecule has 8 heteroatoms. The van der Waals surface area contributed by atoms with Crippen LogP contribution in [0.3, 0.4) is 0 Å². The van der Waals surface area contributed by atoms with Crippen molar-refractivity contribution in [2.75, 3.05) is 32.7 Å². The minimum Gasteiger partial charge on any atom is -0.339 e. The number of aromatic nitrogens is 1. The van der Waals surface area contributed by atoms with Crippen molar-refractivity contribution in [3.05, 3.63) is 30.1 Å². The molecule has 0 bridgehead atoms. The van der Waals surface area contributed by atoms with Gasteiger partial charge in [-0.2, -0.15) is 0 Å². The fraction of sp³-hybridized carbons (Fsp3) is 0.619. The van der Waals surface area contributed by atoms with Gasteiger partial charge in [0.1, 0.15) is 12.1 Å². The number of amides is 4. The molecule has 1 N–H and O–H groups in total. The first kappa shape index (κ1) is 19.8. The minimum atomic E-state index is -0.809. The molecule has 4 amide bonds. The zero-order valence-corrected chi connectivity index (χ0v) is 17.0. The van der Waals surface area contributed by atoms with Crippen LogP contribution in [0.1, 0.15) is 38.3 Å². The number of rotatable bonds is 4. The molecule has 1 saturated carbocycles. The summed E-state index contributed by atoms with van der Waals surface area (Å²) >= 11 is 0. The van der Waals surface area contributed by atoms with Crippen LogP contribution in [0.5, 0.6) is 0 Å². The van der Waals surface area contributed by atoms with Crippen molar-refractivity contribution in [1.82, 2.24) is 25.0 Å². The molecule has 1 spiro atoms. The van der Waals surface area contributed by atoms with Crippen molar-refractivity contribution in [1.29, 1.82) is 0 Å². The van der Waals surface area contributed by atoms with E-state index in [0.717, 1.165) is 49.5 Å². The molecular formula is C21H29N5O3. The first-order chi connectivity index (χ1) is 14.0. The van der Waals surface area contributed by atoms with E-state index >= 15 is 0 Å². The minimum absolute atomic E-state index is 0.0999. The molecule has 156 valence electrons. The van der Waals surface area contributed by atoms with Gasteiger partial charge < -0.3 is 10.2 Å². The van der Waals surface area contributed by atoms with E-state index in [4.69, 9.17) is 0 Å². The molecule has 3 fully saturated rings. The molecule has 4 rings (SSSR count). The number of carbonyl (C=O) groups excluding carboxylic acids is 3. The van der Waals surface area contributed by atoms with E-state index in [1.54, 1.807) is 11.1 Å². The molecular weight excluding hydrogens is 370 g/mol. The second kappa shape index (κ2) is 8.10. The first-order valence-corrected chi connectivity index (χ1v) is 10.5. The van der Waals surface area contributed by atoms with E-state index in [2.05, 4.69) is 15.2 Å². The Hall–Kier alpha value is -2.48. The van der Waals surface area contributed by atoms with Crippen molar-refractivity contribution < 1.29 is 14.4 Å². The summed E-state index contributed by atoms with van der Waals surface area (Å²) in [6.07, 6.45) is 5.37. The van der Waals surface area contributed by atoms with E-state index in [0.29, 0.717) is 19.5 Å². The van der Waals surface area contributed by atoms with Crippen LogP contribution in [0.25, 0.3) is 0 Å². The van der Waals surface area contributed by atoms with Crippen molar-refractivity contribution in [2.45, 2.75) is 44.7 Å². The Bertz CT molecular complexity index is 778. The number of imide groups is 1. The summed E-state index contributed by atoms with van der Waals surface area (Å²) in [6, 6.07) is 5.44. The van der Waals surface area contributed by atoms with Crippen LogP contribution in [0.2, 0.25) is 0 Å². The van der Waals surface area contributed by atoms with E-state index in [-0.39, 0.29) is 24.3 Å². The summed E-state index contributed by atoms with van der Waals surface area (Å²) in [7, 11) is 0. The summed E-state index contributed by atoms with van der Waals surface area (Å²) in [5, 5.41) is 2.91. The highest BCUT2D eigenvalue weighted by Gasteiger charge is 2.55. The van der Waals surface area contributed by atoms with E-state index in [1.807, 2.05) is 25.1 Å². The average molecular weight is 399 g/mol. The standard InChI is InChI=1S/C21H29N5O3/c1-16-6-2-4-8-21(16)19(28)26(20(29)23-21)15-18(27)25-12-10-24(11-13-25)14-17-7-3-5-9-22-17/h3,5,7,9,16H,2,4,6,8,10-15H2,1H3,(H,23,29)/t16-,21+/m1/s1. The van der Waals surface area contributed by atoms with Gasteiger partial charge in [-0.3, -0.25) is 24.4 Å². The Morgan fingerprint density at radius 3 is 2.69 bits per heavy atom. The Kier molecular flexibility index (Phi) is 5.54. The maximum Gasteiger partial charge on any atom is 0.325 e. The van der Waals surface area contributed by atoms with Crippen molar-refractivity contribution in [3.63, 3.8) is 0 Å². The second-order valence-corrected chi connectivity index (χ2v) is 8.42. The summed E-state index contributed by atoms with van der Waals surface area (Å²) in [5.41, 5.74) is 0.204. The Morgan fingerprint density at radius 2 is 2.00 bits per heavy atom. The zero-order chi connectivity index (χ0) is 20.4. The van der Waals surface area contributed by atoms with Crippen molar-refractivity contribution in [3.8, 4) is 0 Å². The largest absolute Gasteiger partial charge is 0.339 e. The third kappa shape index (κ3) is 3.85. The lowest BCUT2D eigenvalue weighted by molar-refractivity contribution is -0.141. The van der Waals surface area contributed by atoms with Gasteiger partial charge >= 0.3 is 6.03 Å². The first-order valence-electron chi connectivity index (χ1n) is 10.5. The zero-order valence-electron chi connectivity index (χ0n) is 17.0. The van der Waals surface area contributed by atoms with Crippen molar-refractivity contribution in [2.24, 2.45) is 5.92 Å². The van der Waals surface area contributed by atoms with Crippen LogP contribution in [0.15, 0.2) is 24.4 Å². The second-order valence-electron chi connectivity index (χ2n) is 8.42. The van der Waals surface area contributed by atoms with Gasteiger partial charge in [0.05, 0.1) is 5.69 Å². The number of hydrogen-bond acceptors (Lipinski definition) is 5. The molecule has 8 nitrogen and oxygen atoms in total. The van der Waals surface area contributed by atoms with Crippen LogP contribution < -0.4 is 5.32 Å². The number of nitrogens with one attached hydrogen (secondary N) is 1. The van der Waals surface area contributed by atoms with Gasteiger partial charge in [0, 0.05) is 38.9 Å². The van der Waals surface area contributed by atoms with Crippen LogP contribution >= 0.6 is 0 Å². The Balaban J connectivity index is 1.32. The van der Waals surface area contributed by atoms with Crippen molar-refractivity contribution >= 4 is 17.8 Å². The normalized spacial score (nSPS) is 28.1. The number of urea groups is 1. The molecule has 29 heavy (non-hydrogen) atoms. The van der Waals surface area contributed by atoms with Crippen LogP contribution in [0.4, 0.5) is 4.79 Å². The van der Waals surface area contributed by atoms with Gasteiger partial charge in [0.2, 0.25) is 5.91 Å². The maximum absolute atomic E-state index is 13.0. The monoisotopic (exact) mass is 399 g/mol. The third-order valence-electron chi connectivity index (χ3n) is 6.63. The topological polar surface area (TPSA) is 85.8 Å². The third-order valence-corrected chi connectivity index (χ3v) is 6.63. The molecule has 1 aliphatic carbocycles. The molecule has 3 heterocycles. The molecule has 2 saturated heterocycles. The highest BCUT2D eigenvalue weighted by Crippen LogP contribution is 2.38. The summed E-state index contributed by atoms with van der Waals surface area (Å²) in [5.74, 6) is -0.286.